The predicted molar refractivity (Wildman–Crippen MR) is 151 cm³/mol. The summed E-state index contributed by atoms with van der Waals surface area (Å²) in [7, 11) is 0. The molecule has 1 aliphatic rings. The molecule has 1 saturated heterocycles. The summed E-state index contributed by atoms with van der Waals surface area (Å²) in [5.41, 5.74) is -0.488. The van der Waals surface area contributed by atoms with Crippen LogP contribution in [0.5, 0.6) is 0 Å². The molecule has 0 unspecified atom stereocenters. The molecule has 1 fully saturated rings. The zero-order valence-corrected chi connectivity index (χ0v) is 24.6. The summed E-state index contributed by atoms with van der Waals surface area (Å²) in [4.78, 5) is 31.4. The maximum Gasteiger partial charge on any atom is 0.410 e. The molecule has 0 spiro atoms. The molecule has 0 aliphatic carbocycles. The monoisotopic (exact) mass is 509 g/mol. The number of unbranched alkanes of at least 4 members (excludes halogenated alkanes) is 12. The summed E-state index contributed by atoms with van der Waals surface area (Å²) in [5, 5.41) is 0. The molecule has 1 aliphatic heterocycles. The first kappa shape index (κ1) is 32.7. The third-order valence-corrected chi connectivity index (χ3v) is 7.08. The van der Waals surface area contributed by atoms with Gasteiger partial charge in [0.1, 0.15) is 5.60 Å². The van der Waals surface area contributed by atoms with Gasteiger partial charge in [0.25, 0.3) is 0 Å². The highest BCUT2D eigenvalue weighted by molar-refractivity contribution is 5.77. The fourth-order valence-corrected chi connectivity index (χ4v) is 4.80. The van der Waals surface area contributed by atoms with Gasteiger partial charge < -0.3 is 19.4 Å². The van der Waals surface area contributed by atoms with Gasteiger partial charge in [-0.15, -0.1) is 0 Å². The predicted octanol–water partition coefficient (Wildman–Crippen LogP) is 7.26. The summed E-state index contributed by atoms with van der Waals surface area (Å²) in [6.45, 7) is 15.6. The number of rotatable bonds is 19. The minimum Gasteiger partial charge on any atom is -0.444 e. The second kappa shape index (κ2) is 19.8. The highest BCUT2D eigenvalue weighted by atomic mass is 16.6. The number of hydrogen-bond acceptors (Lipinski definition) is 4. The molecule has 0 N–H and O–H groups in total. The number of nitrogens with zero attached hydrogens (tertiary/aromatic N) is 3. The average Bonchev–Trinajstić information content (AvgIpc) is 2.84. The lowest BCUT2D eigenvalue weighted by Gasteiger charge is -2.36. The first-order valence-electron chi connectivity index (χ1n) is 15.2. The first-order valence-corrected chi connectivity index (χ1v) is 15.2. The smallest absolute Gasteiger partial charge is 0.410 e. The molecule has 0 radical (unpaired) electrons. The van der Waals surface area contributed by atoms with E-state index < -0.39 is 5.60 Å². The molecule has 0 bridgehead atoms. The van der Waals surface area contributed by atoms with E-state index in [1.54, 1.807) is 4.90 Å². The Hall–Kier alpha value is -1.30. The fourth-order valence-electron chi connectivity index (χ4n) is 4.80. The van der Waals surface area contributed by atoms with E-state index in [9.17, 15) is 9.59 Å². The highest BCUT2D eigenvalue weighted by Crippen LogP contribution is 2.14. The third kappa shape index (κ3) is 16.4. The van der Waals surface area contributed by atoms with Crippen LogP contribution in [0.4, 0.5) is 4.79 Å². The molecule has 0 aromatic heterocycles. The Kier molecular flexibility index (Phi) is 18.0. The van der Waals surface area contributed by atoms with Crippen molar-refractivity contribution in [3.63, 3.8) is 0 Å². The lowest BCUT2D eigenvalue weighted by Crippen LogP contribution is -2.52. The van der Waals surface area contributed by atoms with Gasteiger partial charge in [-0.2, -0.15) is 0 Å². The topological polar surface area (TPSA) is 53.1 Å². The van der Waals surface area contributed by atoms with Crippen LogP contribution in [-0.4, -0.2) is 78.1 Å². The number of ether oxygens (including phenoxy) is 1. The SMILES string of the molecule is CCCCCCCCCN(CCCCCCCCC)CCC(=O)N1CCN(C(=O)OC(C)(C)C)CC1. The van der Waals surface area contributed by atoms with E-state index in [2.05, 4.69) is 18.7 Å². The van der Waals surface area contributed by atoms with Gasteiger partial charge >= 0.3 is 6.09 Å². The van der Waals surface area contributed by atoms with Crippen molar-refractivity contribution in [1.82, 2.24) is 14.7 Å². The van der Waals surface area contributed by atoms with E-state index in [0.29, 0.717) is 32.6 Å². The zero-order valence-electron chi connectivity index (χ0n) is 24.6. The Morgan fingerprint density at radius 2 is 1.06 bits per heavy atom. The maximum absolute atomic E-state index is 12.9. The molecule has 0 saturated carbocycles. The number of amides is 2. The largest absolute Gasteiger partial charge is 0.444 e. The van der Waals surface area contributed by atoms with Crippen molar-refractivity contribution in [3.05, 3.63) is 0 Å². The number of piperazine rings is 1. The Balaban J connectivity index is 2.37. The molecule has 0 aromatic rings. The lowest BCUT2D eigenvalue weighted by molar-refractivity contribution is -0.133. The Morgan fingerprint density at radius 1 is 0.639 bits per heavy atom. The summed E-state index contributed by atoms with van der Waals surface area (Å²) in [5.74, 6) is 0.225. The normalized spacial score (nSPS) is 14.5. The molecular weight excluding hydrogens is 450 g/mol. The summed E-state index contributed by atoms with van der Waals surface area (Å²) in [6, 6.07) is 0. The second-order valence-electron chi connectivity index (χ2n) is 11.7. The molecule has 2 amide bonds. The molecular formula is C30H59N3O3. The van der Waals surface area contributed by atoms with E-state index in [4.69, 9.17) is 4.74 Å². The van der Waals surface area contributed by atoms with Crippen molar-refractivity contribution in [2.75, 3.05) is 45.8 Å². The van der Waals surface area contributed by atoms with Crippen molar-refractivity contribution in [2.24, 2.45) is 0 Å². The van der Waals surface area contributed by atoms with Crippen LogP contribution in [0.3, 0.4) is 0 Å². The van der Waals surface area contributed by atoms with Gasteiger partial charge in [0.2, 0.25) is 5.91 Å². The molecule has 36 heavy (non-hydrogen) atoms. The van der Waals surface area contributed by atoms with Gasteiger partial charge in [0.05, 0.1) is 0 Å². The minimum atomic E-state index is -0.488. The van der Waals surface area contributed by atoms with E-state index in [0.717, 1.165) is 19.6 Å². The highest BCUT2D eigenvalue weighted by Gasteiger charge is 2.27. The molecule has 0 atom stereocenters. The zero-order chi connectivity index (χ0) is 26.7. The van der Waals surface area contributed by atoms with Gasteiger partial charge in [-0.05, 0) is 46.7 Å². The van der Waals surface area contributed by atoms with Crippen molar-refractivity contribution < 1.29 is 14.3 Å². The number of hydrogen-bond donors (Lipinski definition) is 0. The number of carbonyl (C=O) groups excluding carboxylic acids is 2. The molecule has 1 rings (SSSR count). The van der Waals surface area contributed by atoms with E-state index in [1.165, 1.54) is 89.9 Å². The average molecular weight is 510 g/mol. The lowest BCUT2D eigenvalue weighted by atomic mass is 10.1. The Bertz CT molecular complexity index is 550. The van der Waals surface area contributed by atoms with Crippen LogP contribution < -0.4 is 0 Å². The van der Waals surface area contributed by atoms with Crippen LogP contribution in [0.2, 0.25) is 0 Å². The van der Waals surface area contributed by atoms with E-state index >= 15 is 0 Å². The fraction of sp³-hybridized carbons (Fsp3) is 0.933. The van der Waals surface area contributed by atoms with Crippen LogP contribution >= 0.6 is 0 Å². The van der Waals surface area contributed by atoms with E-state index in [-0.39, 0.29) is 12.0 Å². The second-order valence-corrected chi connectivity index (χ2v) is 11.7. The summed E-state index contributed by atoms with van der Waals surface area (Å²) in [6.07, 6.45) is 18.9. The van der Waals surface area contributed by atoms with Crippen LogP contribution in [-0.2, 0) is 9.53 Å². The van der Waals surface area contributed by atoms with Crippen LogP contribution in [0.1, 0.15) is 131 Å². The molecule has 1 heterocycles. The van der Waals surface area contributed by atoms with Crippen LogP contribution in [0.15, 0.2) is 0 Å². The van der Waals surface area contributed by atoms with Crippen molar-refractivity contribution >= 4 is 12.0 Å². The Morgan fingerprint density at radius 3 is 1.50 bits per heavy atom. The molecule has 0 aromatic carbocycles. The first-order chi connectivity index (χ1) is 17.3. The van der Waals surface area contributed by atoms with Crippen LogP contribution in [0.25, 0.3) is 0 Å². The van der Waals surface area contributed by atoms with E-state index in [1.807, 2.05) is 25.7 Å². The molecule has 6 nitrogen and oxygen atoms in total. The van der Waals surface area contributed by atoms with Gasteiger partial charge in [0, 0.05) is 39.1 Å². The minimum absolute atomic E-state index is 0.225. The molecule has 6 heteroatoms. The van der Waals surface area contributed by atoms with Gasteiger partial charge in [0.15, 0.2) is 0 Å². The van der Waals surface area contributed by atoms with Gasteiger partial charge in [-0.25, -0.2) is 4.79 Å². The van der Waals surface area contributed by atoms with Gasteiger partial charge in [-0.3, -0.25) is 4.79 Å². The third-order valence-electron chi connectivity index (χ3n) is 7.08. The summed E-state index contributed by atoms with van der Waals surface area (Å²) < 4.78 is 5.48. The maximum atomic E-state index is 12.9. The number of carbonyl (C=O) groups is 2. The van der Waals surface area contributed by atoms with Crippen molar-refractivity contribution in [1.29, 1.82) is 0 Å². The van der Waals surface area contributed by atoms with Gasteiger partial charge in [-0.1, -0.05) is 90.9 Å². The quantitative estimate of drug-likeness (QED) is 0.172. The van der Waals surface area contributed by atoms with Crippen molar-refractivity contribution in [3.8, 4) is 0 Å². The standard InChI is InChI=1S/C30H59N3O3/c1-6-8-10-12-14-16-18-21-31(22-19-17-15-13-11-9-7-2)23-20-28(34)32-24-26-33(27-25-32)29(35)36-30(3,4)5/h6-27H2,1-5H3. The van der Waals surface area contributed by atoms with Crippen molar-refractivity contribution in [2.45, 2.75) is 137 Å². The summed E-state index contributed by atoms with van der Waals surface area (Å²) >= 11 is 0. The van der Waals surface area contributed by atoms with Crippen LogP contribution in [0, 0.1) is 0 Å². The molecule has 212 valence electrons. The Labute approximate surface area is 223 Å².